The molecule has 7 heteroatoms. The third kappa shape index (κ3) is 5.18. The lowest BCUT2D eigenvalue weighted by Gasteiger charge is -2.20. The van der Waals surface area contributed by atoms with E-state index in [2.05, 4.69) is 21.2 Å². The maximum absolute atomic E-state index is 13.0. The summed E-state index contributed by atoms with van der Waals surface area (Å²) in [5, 5.41) is 2.87. The zero-order chi connectivity index (χ0) is 20.6. The van der Waals surface area contributed by atoms with Crippen LogP contribution in [0.5, 0.6) is 5.75 Å². The first kappa shape index (κ1) is 20.0. The Hall–Kier alpha value is -3.71. The highest BCUT2D eigenvalue weighted by atomic mass is 16.5. The van der Waals surface area contributed by atoms with Gasteiger partial charge in [0.2, 0.25) is 5.91 Å². The van der Waals surface area contributed by atoms with Crippen LogP contribution < -0.4 is 20.9 Å². The predicted molar refractivity (Wildman–Crippen MR) is 110 cm³/mol. The van der Waals surface area contributed by atoms with Gasteiger partial charge in [-0.05, 0) is 42.3 Å². The first-order valence-electron chi connectivity index (χ1n) is 9.06. The van der Waals surface area contributed by atoms with Gasteiger partial charge in [0.25, 0.3) is 5.91 Å². The van der Waals surface area contributed by atoms with Crippen molar-refractivity contribution >= 4 is 17.5 Å². The number of rotatable bonds is 7. The first-order valence-corrected chi connectivity index (χ1v) is 9.06. The van der Waals surface area contributed by atoms with E-state index >= 15 is 0 Å². The molecule has 3 rings (SSSR count). The van der Waals surface area contributed by atoms with Crippen LogP contribution in [0.2, 0.25) is 0 Å². The van der Waals surface area contributed by atoms with Crippen molar-refractivity contribution in [3.05, 3.63) is 89.7 Å². The van der Waals surface area contributed by atoms with Crippen molar-refractivity contribution in [2.24, 2.45) is 0 Å². The Labute approximate surface area is 169 Å². The maximum atomic E-state index is 13.0. The minimum Gasteiger partial charge on any atom is -0.495 e. The lowest BCUT2D eigenvalue weighted by Crippen LogP contribution is -2.44. The lowest BCUT2D eigenvalue weighted by molar-refractivity contribution is -0.118. The molecule has 3 N–H and O–H groups in total. The van der Waals surface area contributed by atoms with Crippen molar-refractivity contribution < 1.29 is 14.3 Å². The number of methoxy groups -OCH3 is 1. The van der Waals surface area contributed by atoms with E-state index in [1.54, 1.807) is 43.5 Å². The molecule has 148 valence electrons. The van der Waals surface area contributed by atoms with Crippen LogP contribution in [0.4, 0.5) is 5.69 Å². The number of benzene rings is 2. The molecule has 0 spiro atoms. The zero-order valence-corrected chi connectivity index (χ0v) is 16.2. The first-order chi connectivity index (χ1) is 14.1. The van der Waals surface area contributed by atoms with E-state index in [1.807, 2.05) is 37.3 Å². The van der Waals surface area contributed by atoms with Gasteiger partial charge in [-0.1, -0.05) is 42.5 Å². The quantitative estimate of drug-likeness (QED) is 0.540. The topological polar surface area (TPSA) is 92.4 Å². The molecule has 29 heavy (non-hydrogen) atoms. The fraction of sp³-hybridized carbons (Fsp3) is 0.136. The number of aromatic nitrogens is 1. The van der Waals surface area contributed by atoms with E-state index < -0.39 is 11.9 Å². The standard InChI is InChI=1S/C22H22N4O3/c1-15-11-12-19(29-2)18(14-15)24-22(28)20(16-8-4-3-5-9-16)25-26-21(27)17-10-6-7-13-23-17/h3-14,20,25H,1-2H3,(H,24,28)(H,26,27). The molecule has 1 aromatic heterocycles. The van der Waals surface area contributed by atoms with Crippen molar-refractivity contribution in [1.82, 2.24) is 15.8 Å². The molecule has 0 saturated heterocycles. The Bertz CT molecular complexity index is 978. The summed E-state index contributed by atoms with van der Waals surface area (Å²) in [5.41, 5.74) is 7.84. The maximum Gasteiger partial charge on any atom is 0.283 e. The highest BCUT2D eigenvalue weighted by Gasteiger charge is 2.22. The zero-order valence-electron chi connectivity index (χ0n) is 16.2. The summed E-state index contributed by atoms with van der Waals surface area (Å²) >= 11 is 0. The van der Waals surface area contributed by atoms with E-state index in [0.717, 1.165) is 5.56 Å². The highest BCUT2D eigenvalue weighted by Crippen LogP contribution is 2.26. The number of hydrogen-bond acceptors (Lipinski definition) is 5. The Balaban J connectivity index is 1.79. The molecule has 1 atom stereocenters. The predicted octanol–water partition coefficient (Wildman–Crippen LogP) is 3.01. The Morgan fingerprint density at radius 1 is 1.00 bits per heavy atom. The number of hydrogen-bond donors (Lipinski definition) is 3. The van der Waals surface area contributed by atoms with Crippen LogP contribution in [0.3, 0.4) is 0 Å². The Morgan fingerprint density at radius 3 is 2.45 bits per heavy atom. The fourth-order valence-corrected chi connectivity index (χ4v) is 2.77. The van der Waals surface area contributed by atoms with Gasteiger partial charge >= 0.3 is 0 Å². The highest BCUT2D eigenvalue weighted by molar-refractivity contribution is 5.97. The van der Waals surface area contributed by atoms with Gasteiger partial charge in [0.15, 0.2) is 0 Å². The summed E-state index contributed by atoms with van der Waals surface area (Å²) in [7, 11) is 1.54. The summed E-state index contributed by atoms with van der Waals surface area (Å²) in [5.74, 6) is -0.234. The molecule has 1 unspecified atom stereocenters. The van der Waals surface area contributed by atoms with Crippen LogP contribution in [0, 0.1) is 6.92 Å². The van der Waals surface area contributed by atoms with Crippen molar-refractivity contribution in [2.45, 2.75) is 13.0 Å². The third-order valence-corrected chi connectivity index (χ3v) is 4.24. The molecular formula is C22H22N4O3. The van der Waals surface area contributed by atoms with E-state index in [9.17, 15) is 9.59 Å². The molecule has 3 aromatic rings. The smallest absolute Gasteiger partial charge is 0.283 e. The summed E-state index contributed by atoms with van der Waals surface area (Å²) in [4.78, 5) is 29.4. The van der Waals surface area contributed by atoms with Crippen LogP contribution in [0.25, 0.3) is 0 Å². The lowest BCUT2D eigenvalue weighted by atomic mass is 10.1. The van der Waals surface area contributed by atoms with Crippen molar-refractivity contribution in [3.63, 3.8) is 0 Å². The average Bonchev–Trinajstić information content (AvgIpc) is 2.75. The van der Waals surface area contributed by atoms with Crippen LogP contribution >= 0.6 is 0 Å². The second kappa shape index (κ2) is 9.48. The number of carbonyl (C=O) groups is 2. The van der Waals surface area contributed by atoms with Gasteiger partial charge in [0.05, 0.1) is 12.8 Å². The van der Waals surface area contributed by atoms with E-state index in [4.69, 9.17) is 4.74 Å². The van der Waals surface area contributed by atoms with Crippen LogP contribution in [-0.2, 0) is 4.79 Å². The molecule has 2 aromatic carbocycles. The fourth-order valence-electron chi connectivity index (χ4n) is 2.77. The van der Waals surface area contributed by atoms with Crippen LogP contribution in [0.1, 0.15) is 27.7 Å². The number of anilines is 1. The average molecular weight is 390 g/mol. The van der Waals surface area contributed by atoms with Crippen molar-refractivity contribution in [2.75, 3.05) is 12.4 Å². The largest absolute Gasteiger partial charge is 0.495 e. The van der Waals surface area contributed by atoms with Crippen LogP contribution in [0.15, 0.2) is 72.9 Å². The molecule has 1 heterocycles. The van der Waals surface area contributed by atoms with E-state index in [-0.39, 0.29) is 11.6 Å². The SMILES string of the molecule is COc1ccc(C)cc1NC(=O)C(NNC(=O)c1ccccn1)c1ccccc1. The molecule has 2 amide bonds. The van der Waals surface area contributed by atoms with E-state index in [0.29, 0.717) is 17.0 Å². The van der Waals surface area contributed by atoms with Crippen molar-refractivity contribution in [1.29, 1.82) is 0 Å². The summed E-state index contributed by atoms with van der Waals surface area (Å²) < 4.78 is 5.33. The monoisotopic (exact) mass is 390 g/mol. The number of pyridine rings is 1. The minimum absolute atomic E-state index is 0.243. The number of nitrogens with one attached hydrogen (secondary N) is 3. The molecule has 0 saturated carbocycles. The molecule has 0 aliphatic rings. The molecule has 0 aliphatic carbocycles. The summed E-state index contributed by atoms with van der Waals surface area (Å²) in [6.07, 6.45) is 1.53. The second-order valence-corrected chi connectivity index (χ2v) is 6.35. The third-order valence-electron chi connectivity index (χ3n) is 4.24. The van der Waals surface area contributed by atoms with Crippen LogP contribution in [-0.4, -0.2) is 23.9 Å². The molecular weight excluding hydrogens is 368 g/mol. The van der Waals surface area contributed by atoms with E-state index in [1.165, 1.54) is 6.20 Å². The van der Waals surface area contributed by atoms with Gasteiger partial charge in [-0.25, -0.2) is 5.43 Å². The molecule has 0 fully saturated rings. The molecule has 0 aliphatic heterocycles. The summed E-state index contributed by atoms with van der Waals surface area (Å²) in [6.45, 7) is 1.93. The molecule has 0 bridgehead atoms. The number of aryl methyl sites for hydroxylation is 1. The van der Waals surface area contributed by atoms with Gasteiger partial charge in [0, 0.05) is 6.20 Å². The number of hydrazine groups is 1. The molecule has 7 nitrogen and oxygen atoms in total. The Kier molecular flexibility index (Phi) is 6.55. The van der Waals surface area contributed by atoms with Gasteiger partial charge < -0.3 is 10.1 Å². The Morgan fingerprint density at radius 2 is 1.76 bits per heavy atom. The van der Waals surface area contributed by atoms with Gasteiger partial charge in [-0.3, -0.25) is 20.0 Å². The number of carbonyl (C=O) groups excluding carboxylic acids is 2. The number of ether oxygens (including phenoxy) is 1. The molecule has 0 radical (unpaired) electrons. The van der Waals surface area contributed by atoms with Gasteiger partial charge in [-0.2, -0.15) is 0 Å². The normalized spacial score (nSPS) is 11.4. The number of nitrogens with zero attached hydrogens (tertiary/aromatic N) is 1. The minimum atomic E-state index is -0.825. The van der Waals surface area contributed by atoms with Crippen molar-refractivity contribution in [3.8, 4) is 5.75 Å². The van der Waals surface area contributed by atoms with Gasteiger partial charge in [-0.15, -0.1) is 0 Å². The summed E-state index contributed by atoms with van der Waals surface area (Å²) in [6, 6.07) is 18.8. The number of amides is 2. The van der Waals surface area contributed by atoms with Gasteiger partial charge in [0.1, 0.15) is 17.5 Å². The second-order valence-electron chi connectivity index (χ2n) is 6.35.